The van der Waals surface area contributed by atoms with Crippen LogP contribution in [0.4, 0.5) is 18.9 Å². The summed E-state index contributed by atoms with van der Waals surface area (Å²) in [6.07, 6.45) is 5.12. The molecule has 0 amide bonds. The van der Waals surface area contributed by atoms with Crippen LogP contribution in [0.3, 0.4) is 0 Å². The Labute approximate surface area is 190 Å². The van der Waals surface area contributed by atoms with Crippen molar-refractivity contribution in [3.8, 4) is 0 Å². The summed E-state index contributed by atoms with van der Waals surface area (Å²) in [7, 11) is 2.84. The van der Waals surface area contributed by atoms with Crippen molar-refractivity contribution in [3.63, 3.8) is 0 Å². The molecule has 1 spiro atoms. The van der Waals surface area contributed by atoms with Gasteiger partial charge in [-0.05, 0) is 51.9 Å². The number of amidine groups is 1. The first-order chi connectivity index (χ1) is 15.6. The van der Waals surface area contributed by atoms with Crippen molar-refractivity contribution >= 4 is 11.5 Å². The lowest BCUT2D eigenvalue weighted by molar-refractivity contribution is -0.186. The smallest absolute Gasteiger partial charge is 0.383 e. The van der Waals surface area contributed by atoms with Gasteiger partial charge in [-0.3, -0.25) is 9.69 Å². The van der Waals surface area contributed by atoms with E-state index in [2.05, 4.69) is 15.3 Å². The van der Waals surface area contributed by atoms with Crippen LogP contribution in [0.2, 0.25) is 0 Å². The summed E-state index contributed by atoms with van der Waals surface area (Å²) in [4.78, 5) is 20.7. The third-order valence-corrected chi connectivity index (χ3v) is 6.75. The van der Waals surface area contributed by atoms with Crippen molar-refractivity contribution in [2.24, 2.45) is 22.1 Å². The number of ether oxygens (including phenoxy) is 1. The zero-order valence-corrected chi connectivity index (χ0v) is 18.8. The average Bonchev–Trinajstić information content (AvgIpc) is 3.38. The van der Waals surface area contributed by atoms with E-state index in [-0.39, 0.29) is 34.8 Å². The SMILES string of the molecule is CN(C)C(C1C=CC(N=C(N)c2c(NC3CC34CCCOC4)cc[nH]c2=O)=CC1)C(F)(F)F. The molecule has 4 rings (SSSR count). The highest BCUT2D eigenvalue weighted by Crippen LogP contribution is 2.53. The minimum absolute atomic E-state index is 0.0169. The maximum Gasteiger partial charge on any atom is 0.404 e. The number of halogens is 3. The summed E-state index contributed by atoms with van der Waals surface area (Å²) in [5.41, 5.74) is 7.19. The molecular weight excluding hydrogens is 435 g/mol. The minimum atomic E-state index is -4.34. The fourth-order valence-corrected chi connectivity index (χ4v) is 4.96. The summed E-state index contributed by atoms with van der Waals surface area (Å²) in [6, 6.07) is 0.363. The first kappa shape index (κ1) is 23.6. The number of alkyl halides is 3. The van der Waals surface area contributed by atoms with E-state index >= 15 is 0 Å². The molecular formula is C23H30F3N5O2. The van der Waals surface area contributed by atoms with E-state index in [0.717, 1.165) is 25.9 Å². The van der Waals surface area contributed by atoms with Gasteiger partial charge in [0, 0.05) is 30.2 Å². The zero-order chi connectivity index (χ0) is 23.8. The Kier molecular flexibility index (Phi) is 6.41. The van der Waals surface area contributed by atoms with Crippen molar-refractivity contribution in [1.82, 2.24) is 9.88 Å². The first-order valence-electron chi connectivity index (χ1n) is 11.1. The number of aromatic nitrogens is 1. The molecule has 10 heteroatoms. The Morgan fingerprint density at radius 1 is 1.42 bits per heavy atom. The van der Waals surface area contributed by atoms with Crippen LogP contribution >= 0.6 is 0 Å². The Morgan fingerprint density at radius 2 is 2.21 bits per heavy atom. The van der Waals surface area contributed by atoms with Crippen LogP contribution in [0.1, 0.15) is 31.2 Å². The Bertz CT molecular complexity index is 1020. The summed E-state index contributed by atoms with van der Waals surface area (Å²) in [6.45, 7) is 1.49. The van der Waals surface area contributed by atoms with Crippen LogP contribution in [-0.4, -0.2) is 61.3 Å². The fourth-order valence-electron chi connectivity index (χ4n) is 4.96. The van der Waals surface area contributed by atoms with Gasteiger partial charge in [-0.2, -0.15) is 13.2 Å². The summed E-state index contributed by atoms with van der Waals surface area (Å²) in [5.74, 6) is -0.704. The van der Waals surface area contributed by atoms with Crippen molar-refractivity contribution in [1.29, 1.82) is 0 Å². The molecule has 2 fully saturated rings. The molecule has 4 N–H and O–H groups in total. The number of nitrogens with zero attached hydrogens (tertiary/aromatic N) is 2. The molecule has 1 aromatic heterocycles. The predicted octanol–water partition coefficient (Wildman–Crippen LogP) is 3.01. The predicted molar refractivity (Wildman–Crippen MR) is 121 cm³/mol. The molecule has 0 bridgehead atoms. The standard InChI is InChI=1S/C23H30F3N5O2/c1-31(2)19(23(24,25)26)14-4-6-15(7-5-14)29-20(27)18-16(8-10-28-21(18)32)30-17-12-22(17)9-3-11-33-13-22/h4,6-8,10,14,17,19H,3,5,9,11-13H2,1-2H3,(H2,27,29)(H2,28,30,32). The molecule has 4 unspecified atom stereocenters. The molecule has 1 saturated carbocycles. The second-order valence-electron chi connectivity index (χ2n) is 9.35. The topological polar surface area (TPSA) is 95.7 Å². The molecule has 33 heavy (non-hydrogen) atoms. The van der Waals surface area contributed by atoms with Crippen molar-refractivity contribution in [2.75, 3.05) is 32.6 Å². The van der Waals surface area contributed by atoms with E-state index in [1.807, 2.05) is 0 Å². The number of anilines is 1. The van der Waals surface area contributed by atoms with Crippen molar-refractivity contribution in [2.45, 2.75) is 43.9 Å². The van der Waals surface area contributed by atoms with E-state index in [0.29, 0.717) is 18.0 Å². The van der Waals surface area contributed by atoms with Crippen LogP contribution in [-0.2, 0) is 4.74 Å². The van der Waals surface area contributed by atoms with E-state index in [9.17, 15) is 18.0 Å². The Balaban J connectivity index is 1.50. The highest BCUT2D eigenvalue weighted by molar-refractivity contribution is 6.02. The lowest BCUT2D eigenvalue weighted by atomic mass is 9.90. The summed E-state index contributed by atoms with van der Waals surface area (Å²) >= 11 is 0. The van der Waals surface area contributed by atoms with Gasteiger partial charge in [0.05, 0.1) is 18.0 Å². The number of hydrogen-bond acceptors (Lipinski definition) is 5. The van der Waals surface area contributed by atoms with Crippen LogP contribution in [0.15, 0.2) is 46.0 Å². The number of H-pyrrole nitrogens is 1. The number of rotatable bonds is 6. The zero-order valence-electron chi connectivity index (χ0n) is 18.8. The Hall–Kier alpha value is -2.59. The first-order valence-corrected chi connectivity index (χ1v) is 11.1. The summed E-state index contributed by atoms with van der Waals surface area (Å²) in [5, 5.41) is 3.43. The molecule has 0 radical (unpaired) electrons. The van der Waals surface area contributed by atoms with Crippen LogP contribution in [0, 0.1) is 11.3 Å². The van der Waals surface area contributed by atoms with E-state index in [4.69, 9.17) is 10.5 Å². The third-order valence-electron chi connectivity index (χ3n) is 6.75. The van der Waals surface area contributed by atoms with Crippen molar-refractivity contribution in [3.05, 3.63) is 52.1 Å². The second-order valence-corrected chi connectivity index (χ2v) is 9.35. The molecule has 4 atom stereocenters. The maximum atomic E-state index is 13.4. The van der Waals surface area contributed by atoms with Crippen molar-refractivity contribution < 1.29 is 17.9 Å². The lowest BCUT2D eigenvalue weighted by Gasteiger charge is -2.32. The lowest BCUT2D eigenvalue weighted by Crippen LogP contribution is -2.46. The number of nitrogens with one attached hydrogen (secondary N) is 2. The highest BCUT2D eigenvalue weighted by Gasteiger charge is 2.55. The molecule has 1 saturated heterocycles. The van der Waals surface area contributed by atoms with Crippen LogP contribution < -0.4 is 16.6 Å². The van der Waals surface area contributed by atoms with Crippen LogP contribution in [0.5, 0.6) is 0 Å². The average molecular weight is 466 g/mol. The molecule has 2 aliphatic carbocycles. The van der Waals surface area contributed by atoms with E-state index < -0.39 is 18.1 Å². The number of pyridine rings is 1. The van der Waals surface area contributed by atoms with Gasteiger partial charge in [-0.25, -0.2) is 4.99 Å². The number of allylic oxidation sites excluding steroid dienone is 2. The molecule has 2 heterocycles. The quantitative estimate of drug-likeness (QED) is 0.444. The molecule has 7 nitrogen and oxygen atoms in total. The maximum absolute atomic E-state index is 13.4. The number of nitrogens with two attached hydrogens (primary N) is 1. The van der Waals surface area contributed by atoms with Gasteiger partial charge in [-0.1, -0.05) is 12.2 Å². The van der Waals surface area contributed by atoms with E-state index in [1.165, 1.54) is 31.1 Å². The molecule has 180 valence electrons. The molecule has 1 aliphatic heterocycles. The van der Waals surface area contributed by atoms with Gasteiger partial charge in [0.25, 0.3) is 5.56 Å². The second kappa shape index (κ2) is 8.98. The van der Waals surface area contributed by atoms with E-state index in [1.54, 1.807) is 18.3 Å². The molecule has 0 aromatic carbocycles. The normalized spacial score (nSPS) is 28.7. The monoisotopic (exact) mass is 465 g/mol. The van der Waals surface area contributed by atoms with Gasteiger partial charge in [-0.15, -0.1) is 0 Å². The molecule has 3 aliphatic rings. The number of aliphatic imine (C=N–C) groups is 1. The van der Waals surface area contributed by atoms with Gasteiger partial charge < -0.3 is 20.8 Å². The Morgan fingerprint density at radius 3 is 2.82 bits per heavy atom. The van der Waals surface area contributed by atoms with Crippen LogP contribution in [0.25, 0.3) is 0 Å². The highest BCUT2D eigenvalue weighted by atomic mass is 19.4. The number of hydrogen-bond donors (Lipinski definition) is 3. The molecule has 1 aromatic rings. The van der Waals surface area contributed by atoms with Gasteiger partial charge in [0.15, 0.2) is 0 Å². The van der Waals surface area contributed by atoms with Gasteiger partial charge >= 0.3 is 6.18 Å². The minimum Gasteiger partial charge on any atom is -0.383 e. The number of aromatic amines is 1. The van der Waals surface area contributed by atoms with Gasteiger partial charge in [0.2, 0.25) is 0 Å². The summed E-state index contributed by atoms with van der Waals surface area (Å²) < 4.78 is 45.9. The van der Waals surface area contributed by atoms with Gasteiger partial charge in [0.1, 0.15) is 17.4 Å². The largest absolute Gasteiger partial charge is 0.404 e. The fraction of sp³-hybridized carbons (Fsp3) is 0.565. The third kappa shape index (κ3) is 5.01.